The van der Waals surface area contributed by atoms with E-state index < -0.39 is 0 Å². The summed E-state index contributed by atoms with van der Waals surface area (Å²) in [6, 6.07) is 3.90. The molecule has 0 radical (unpaired) electrons. The third kappa shape index (κ3) is 3.36. The van der Waals surface area contributed by atoms with Crippen molar-refractivity contribution in [1.29, 1.82) is 0 Å². The summed E-state index contributed by atoms with van der Waals surface area (Å²) in [5, 5.41) is 7.84. The number of likely N-dealkylation sites (tertiary alicyclic amines) is 1. The second kappa shape index (κ2) is 6.34. The van der Waals surface area contributed by atoms with Crippen molar-refractivity contribution < 1.29 is 9.53 Å². The van der Waals surface area contributed by atoms with Crippen LogP contribution >= 0.6 is 0 Å². The lowest BCUT2D eigenvalue weighted by atomic mass is 10.1. The minimum absolute atomic E-state index is 0.0101. The molecule has 0 saturated carbocycles. The van der Waals surface area contributed by atoms with Gasteiger partial charge in [0.15, 0.2) is 6.61 Å². The highest BCUT2D eigenvalue weighted by Crippen LogP contribution is 2.21. The largest absolute Gasteiger partial charge is 0.482 e. The van der Waals surface area contributed by atoms with Gasteiger partial charge >= 0.3 is 0 Å². The number of rotatable bonds is 4. The number of piperidine rings is 1. The second-order valence-electron chi connectivity index (χ2n) is 4.97. The molecule has 3 heterocycles. The number of hydrogen-bond donors (Lipinski definition) is 0. The van der Waals surface area contributed by atoms with E-state index in [2.05, 4.69) is 15.3 Å². The van der Waals surface area contributed by atoms with Crippen LogP contribution in [0.15, 0.2) is 36.9 Å². The molecule has 0 bridgehead atoms. The highest BCUT2D eigenvalue weighted by molar-refractivity contribution is 5.77. The fourth-order valence-electron chi connectivity index (χ4n) is 2.46. The van der Waals surface area contributed by atoms with Crippen LogP contribution in [-0.4, -0.2) is 50.5 Å². The standard InChI is InChI=1S/C14H17N5O2/c20-14(11-21-13-2-1-5-15-10-13)18-7-3-12(4-8-18)19-9-6-16-17-19/h1-2,5-6,9-10,12H,3-4,7-8,11H2. The lowest BCUT2D eigenvalue weighted by Crippen LogP contribution is -2.41. The predicted molar refractivity (Wildman–Crippen MR) is 74.6 cm³/mol. The van der Waals surface area contributed by atoms with Gasteiger partial charge in [0.1, 0.15) is 5.75 Å². The fraction of sp³-hybridized carbons (Fsp3) is 0.429. The molecule has 2 aromatic rings. The van der Waals surface area contributed by atoms with Crippen molar-refractivity contribution >= 4 is 5.91 Å². The number of nitrogens with zero attached hydrogens (tertiary/aromatic N) is 5. The third-order valence-corrected chi connectivity index (χ3v) is 3.63. The van der Waals surface area contributed by atoms with Crippen LogP contribution in [0.5, 0.6) is 5.75 Å². The molecule has 0 aliphatic carbocycles. The first-order valence-corrected chi connectivity index (χ1v) is 6.99. The van der Waals surface area contributed by atoms with Gasteiger partial charge in [-0.25, -0.2) is 4.68 Å². The van der Waals surface area contributed by atoms with Gasteiger partial charge in [-0.2, -0.15) is 0 Å². The van der Waals surface area contributed by atoms with Crippen molar-refractivity contribution in [3.8, 4) is 5.75 Å². The Balaban J connectivity index is 1.47. The molecule has 110 valence electrons. The van der Waals surface area contributed by atoms with Crippen LogP contribution in [0, 0.1) is 0 Å². The van der Waals surface area contributed by atoms with Crippen molar-refractivity contribution in [1.82, 2.24) is 24.9 Å². The van der Waals surface area contributed by atoms with Crippen LogP contribution in [0.25, 0.3) is 0 Å². The van der Waals surface area contributed by atoms with E-state index in [1.807, 2.05) is 15.8 Å². The molecule has 2 aromatic heterocycles. The fourth-order valence-corrected chi connectivity index (χ4v) is 2.46. The number of hydrogen-bond acceptors (Lipinski definition) is 5. The van der Waals surface area contributed by atoms with E-state index in [9.17, 15) is 4.79 Å². The van der Waals surface area contributed by atoms with Crippen molar-refractivity contribution in [3.63, 3.8) is 0 Å². The number of ether oxygens (including phenoxy) is 1. The lowest BCUT2D eigenvalue weighted by Gasteiger charge is -2.31. The lowest BCUT2D eigenvalue weighted by molar-refractivity contribution is -0.134. The van der Waals surface area contributed by atoms with Gasteiger partial charge in [0, 0.05) is 25.5 Å². The Hall–Kier alpha value is -2.44. The van der Waals surface area contributed by atoms with Crippen molar-refractivity contribution in [2.45, 2.75) is 18.9 Å². The van der Waals surface area contributed by atoms with Crippen LogP contribution < -0.4 is 4.74 Å². The van der Waals surface area contributed by atoms with Crippen molar-refractivity contribution in [2.24, 2.45) is 0 Å². The smallest absolute Gasteiger partial charge is 0.260 e. The Morgan fingerprint density at radius 1 is 1.33 bits per heavy atom. The summed E-state index contributed by atoms with van der Waals surface area (Å²) in [5.41, 5.74) is 0. The zero-order valence-electron chi connectivity index (χ0n) is 11.6. The molecule has 1 saturated heterocycles. The molecular weight excluding hydrogens is 270 g/mol. The average molecular weight is 287 g/mol. The zero-order valence-corrected chi connectivity index (χ0v) is 11.6. The van der Waals surface area contributed by atoms with Crippen LogP contribution in [0.1, 0.15) is 18.9 Å². The molecule has 1 aliphatic heterocycles. The molecule has 1 fully saturated rings. The average Bonchev–Trinajstić information content (AvgIpc) is 3.08. The van der Waals surface area contributed by atoms with Gasteiger partial charge in [-0.05, 0) is 25.0 Å². The molecule has 0 unspecified atom stereocenters. The van der Waals surface area contributed by atoms with Crippen molar-refractivity contribution in [2.75, 3.05) is 19.7 Å². The van der Waals surface area contributed by atoms with Gasteiger partial charge in [0.2, 0.25) is 0 Å². The monoisotopic (exact) mass is 287 g/mol. The maximum atomic E-state index is 12.1. The molecule has 3 rings (SSSR count). The van der Waals surface area contributed by atoms with E-state index in [0.29, 0.717) is 11.8 Å². The van der Waals surface area contributed by atoms with Crippen LogP contribution in [0.2, 0.25) is 0 Å². The van der Waals surface area contributed by atoms with E-state index in [1.165, 1.54) is 0 Å². The number of aromatic nitrogens is 4. The van der Waals surface area contributed by atoms with E-state index in [-0.39, 0.29) is 12.5 Å². The molecule has 7 nitrogen and oxygen atoms in total. The normalized spacial score (nSPS) is 15.9. The van der Waals surface area contributed by atoms with E-state index >= 15 is 0 Å². The van der Waals surface area contributed by atoms with E-state index in [1.54, 1.807) is 30.7 Å². The minimum Gasteiger partial charge on any atom is -0.482 e. The summed E-state index contributed by atoms with van der Waals surface area (Å²) in [6.45, 7) is 1.50. The molecule has 7 heteroatoms. The summed E-state index contributed by atoms with van der Waals surface area (Å²) in [7, 11) is 0. The number of amides is 1. The predicted octanol–water partition coefficient (Wildman–Crippen LogP) is 0.916. The molecule has 0 spiro atoms. The Labute approximate surface area is 122 Å². The molecule has 1 amide bonds. The summed E-state index contributed by atoms with van der Waals surface area (Å²) in [6.07, 6.45) is 8.60. The number of carbonyl (C=O) groups is 1. The summed E-state index contributed by atoms with van der Waals surface area (Å²) >= 11 is 0. The highest BCUT2D eigenvalue weighted by atomic mass is 16.5. The number of carbonyl (C=O) groups excluding carboxylic acids is 1. The van der Waals surface area contributed by atoms with Crippen molar-refractivity contribution in [3.05, 3.63) is 36.9 Å². The van der Waals surface area contributed by atoms with Gasteiger partial charge in [0.25, 0.3) is 5.91 Å². The molecular formula is C14H17N5O2. The molecule has 0 atom stereocenters. The van der Waals surface area contributed by atoms with Gasteiger partial charge < -0.3 is 9.64 Å². The molecule has 21 heavy (non-hydrogen) atoms. The Bertz CT molecular complexity index is 564. The van der Waals surface area contributed by atoms with Crippen LogP contribution in [0.4, 0.5) is 0 Å². The van der Waals surface area contributed by atoms with Gasteiger partial charge in [-0.3, -0.25) is 9.78 Å². The molecule has 0 aromatic carbocycles. The first-order chi connectivity index (χ1) is 10.3. The first kappa shape index (κ1) is 13.5. The van der Waals surface area contributed by atoms with E-state index in [4.69, 9.17) is 4.74 Å². The SMILES string of the molecule is O=C(COc1cccnc1)N1CCC(n2ccnn2)CC1. The number of pyridine rings is 1. The molecule has 0 N–H and O–H groups in total. The quantitative estimate of drug-likeness (QED) is 0.836. The summed E-state index contributed by atoms with van der Waals surface area (Å²) < 4.78 is 7.31. The third-order valence-electron chi connectivity index (χ3n) is 3.63. The maximum absolute atomic E-state index is 12.1. The second-order valence-corrected chi connectivity index (χ2v) is 4.97. The van der Waals surface area contributed by atoms with E-state index in [0.717, 1.165) is 25.9 Å². The highest BCUT2D eigenvalue weighted by Gasteiger charge is 2.24. The van der Waals surface area contributed by atoms with Gasteiger partial charge in [-0.15, -0.1) is 5.10 Å². The zero-order chi connectivity index (χ0) is 14.5. The van der Waals surface area contributed by atoms with Gasteiger partial charge in [0.05, 0.1) is 18.4 Å². The first-order valence-electron chi connectivity index (χ1n) is 6.99. The molecule has 1 aliphatic rings. The topological polar surface area (TPSA) is 73.1 Å². The Morgan fingerprint density at radius 2 is 2.19 bits per heavy atom. The van der Waals surface area contributed by atoms with Crippen LogP contribution in [-0.2, 0) is 4.79 Å². The van der Waals surface area contributed by atoms with Crippen LogP contribution in [0.3, 0.4) is 0 Å². The minimum atomic E-state index is 0.0101. The summed E-state index contributed by atoms with van der Waals surface area (Å²) in [4.78, 5) is 17.9. The maximum Gasteiger partial charge on any atom is 0.260 e. The Kier molecular flexibility index (Phi) is 4.09. The van der Waals surface area contributed by atoms with Gasteiger partial charge in [-0.1, -0.05) is 5.21 Å². The summed E-state index contributed by atoms with van der Waals surface area (Å²) in [5.74, 6) is 0.624. The Morgan fingerprint density at radius 3 is 2.86 bits per heavy atom.